The van der Waals surface area contributed by atoms with Gasteiger partial charge in [0.05, 0.1) is 40.0 Å². The summed E-state index contributed by atoms with van der Waals surface area (Å²) in [5, 5.41) is 25.2. The van der Waals surface area contributed by atoms with E-state index in [4.69, 9.17) is 16.0 Å². The number of nitro groups is 2. The van der Waals surface area contributed by atoms with Crippen molar-refractivity contribution in [2.75, 3.05) is 6.54 Å². The Kier molecular flexibility index (Phi) is 6.90. The monoisotopic (exact) mass is 551 g/mol. The molecule has 0 fully saturated rings. The van der Waals surface area contributed by atoms with E-state index in [1.165, 1.54) is 22.5 Å². The van der Waals surface area contributed by atoms with Gasteiger partial charge in [0.15, 0.2) is 4.96 Å². The highest BCUT2D eigenvalue weighted by Gasteiger charge is 2.24. The summed E-state index contributed by atoms with van der Waals surface area (Å²) in [6.07, 6.45) is 3.81. The van der Waals surface area contributed by atoms with Gasteiger partial charge in [-0.15, -0.1) is 11.3 Å². The maximum Gasteiger partial charge on any atom is 0.277 e. The fourth-order valence-electron chi connectivity index (χ4n) is 3.97. The summed E-state index contributed by atoms with van der Waals surface area (Å²) in [6.45, 7) is 0.297. The standard InChI is InChI=1S/C25H18ClN5O6S/c26-18-5-3-16(4-6-18)23-14-29-19(15-38-25(29)27-23)7-8-28(13-22-2-1-9-37-22)24(32)17-10-20(30(33)34)12-21(11-17)31(35)36/h1-6,9-12,14-15H,7-8,13H2. The lowest BCUT2D eigenvalue weighted by molar-refractivity contribution is -0.394. The van der Waals surface area contributed by atoms with Gasteiger partial charge in [0.25, 0.3) is 17.3 Å². The molecule has 3 aromatic heterocycles. The van der Waals surface area contributed by atoms with Gasteiger partial charge in [0.1, 0.15) is 5.76 Å². The summed E-state index contributed by atoms with van der Waals surface area (Å²) in [5.74, 6) is -0.0893. The van der Waals surface area contributed by atoms with Gasteiger partial charge in [-0.1, -0.05) is 23.7 Å². The van der Waals surface area contributed by atoms with Crippen LogP contribution in [0.2, 0.25) is 5.02 Å². The predicted octanol–water partition coefficient (Wildman–Crippen LogP) is 6.01. The third kappa shape index (κ3) is 5.26. The van der Waals surface area contributed by atoms with Crippen LogP contribution in [0.5, 0.6) is 0 Å². The SMILES string of the molecule is O=C(c1cc([N+](=O)[O-])cc([N+](=O)[O-])c1)N(CCc1csc2nc(-c3ccc(Cl)cc3)cn12)Cc1ccco1. The van der Waals surface area contributed by atoms with Crippen LogP contribution < -0.4 is 0 Å². The Labute approximate surface area is 223 Å². The van der Waals surface area contributed by atoms with Crippen LogP contribution in [-0.2, 0) is 13.0 Å². The van der Waals surface area contributed by atoms with E-state index in [1.54, 1.807) is 24.3 Å². The van der Waals surface area contributed by atoms with Crippen molar-refractivity contribution < 1.29 is 19.1 Å². The normalized spacial score (nSPS) is 11.1. The number of benzene rings is 2. The molecule has 0 aliphatic carbocycles. The Morgan fingerprint density at radius 2 is 1.79 bits per heavy atom. The molecule has 0 saturated carbocycles. The summed E-state index contributed by atoms with van der Waals surface area (Å²) in [5.41, 5.74) is 1.38. The van der Waals surface area contributed by atoms with E-state index in [-0.39, 0.29) is 18.7 Å². The second kappa shape index (κ2) is 10.4. The molecule has 0 saturated heterocycles. The van der Waals surface area contributed by atoms with Gasteiger partial charge in [-0.2, -0.15) is 0 Å². The first-order chi connectivity index (χ1) is 18.3. The topological polar surface area (TPSA) is 137 Å². The van der Waals surface area contributed by atoms with E-state index >= 15 is 0 Å². The van der Waals surface area contributed by atoms with Crippen LogP contribution in [0.1, 0.15) is 21.8 Å². The number of hydrogen-bond donors (Lipinski definition) is 0. The minimum absolute atomic E-state index is 0.0789. The Morgan fingerprint density at radius 3 is 2.42 bits per heavy atom. The number of thiazole rings is 1. The zero-order chi connectivity index (χ0) is 26.8. The molecule has 13 heteroatoms. The lowest BCUT2D eigenvalue weighted by Crippen LogP contribution is -2.32. The molecule has 0 unspecified atom stereocenters. The Hall–Kier alpha value is -4.55. The van der Waals surface area contributed by atoms with Gasteiger partial charge in [-0.3, -0.25) is 29.4 Å². The second-order valence-corrected chi connectivity index (χ2v) is 9.59. The first-order valence-corrected chi connectivity index (χ1v) is 12.5. The van der Waals surface area contributed by atoms with Gasteiger partial charge in [0.2, 0.25) is 0 Å². The number of carbonyl (C=O) groups is 1. The van der Waals surface area contributed by atoms with Crippen LogP contribution in [0.4, 0.5) is 11.4 Å². The maximum atomic E-state index is 13.5. The van der Waals surface area contributed by atoms with Crippen molar-refractivity contribution in [2.24, 2.45) is 0 Å². The Bertz CT molecular complexity index is 1610. The zero-order valence-electron chi connectivity index (χ0n) is 19.5. The molecule has 192 valence electrons. The van der Waals surface area contributed by atoms with Gasteiger partial charge >= 0.3 is 0 Å². The number of halogens is 1. The minimum Gasteiger partial charge on any atom is -0.467 e. The molecule has 5 aromatic rings. The number of carbonyl (C=O) groups excluding carboxylic acids is 1. The molecule has 0 N–H and O–H groups in total. The quantitative estimate of drug-likeness (QED) is 0.161. The summed E-state index contributed by atoms with van der Waals surface area (Å²) < 4.78 is 7.36. The molecule has 3 heterocycles. The highest BCUT2D eigenvalue weighted by atomic mass is 35.5. The molecular formula is C25H18ClN5O6S. The fraction of sp³-hybridized carbons (Fsp3) is 0.120. The summed E-state index contributed by atoms with van der Waals surface area (Å²) in [4.78, 5) is 41.5. The van der Waals surface area contributed by atoms with Crippen molar-refractivity contribution in [3.63, 3.8) is 0 Å². The highest BCUT2D eigenvalue weighted by Crippen LogP contribution is 2.27. The predicted molar refractivity (Wildman–Crippen MR) is 140 cm³/mol. The van der Waals surface area contributed by atoms with Gasteiger partial charge in [-0.05, 0) is 24.3 Å². The lowest BCUT2D eigenvalue weighted by atomic mass is 10.1. The molecule has 1 amide bonds. The third-order valence-corrected chi connectivity index (χ3v) is 6.99. The number of nitrogens with zero attached hydrogens (tertiary/aromatic N) is 5. The van der Waals surface area contributed by atoms with E-state index < -0.39 is 27.1 Å². The highest BCUT2D eigenvalue weighted by molar-refractivity contribution is 7.15. The van der Waals surface area contributed by atoms with Crippen molar-refractivity contribution in [3.05, 3.63) is 115 Å². The first-order valence-electron chi connectivity index (χ1n) is 11.3. The molecule has 0 aliphatic heterocycles. The van der Waals surface area contributed by atoms with Crippen molar-refractivity contribution in [1.29, 1.82) is 0 Å². The number of hydrogen-bond acceptors (Lipinski definition) is 8. The summed E-state index contributed by atoms with van der Waals surface area (Å²) >= 11 is 7.45. The van der Waals surface area contributed by atoms with E-state index in [1.807, 2.05) is 28.1 Å². The number of fused-ring (bicyclic) bond motifs is 1. The van der Waals surface area contributed by atoms with Gasteiger partial charge in [-0.25, -0.2) is 4.98 Å². The van der Waals surface area contributed by atoms with Crippen LogP contribution in [0.3, 0.4) is 0 Å². The molecule has 0 atom stereocenters. The molecule has 0 radical (unpaired) electrons. The Morgan fingerprint density at radius 1 is 1.08 bits per heavy atom. The van der Waals surface area contributed by atoms with Crippen LogP contribution in [0.15, 0.2) is 76.9 Å². The summed E-state index contributed by atoms with van der Waals surface area (Å²) in [7, 11) is 0. The molecule has 5 rings (SSSR count). The summed E-state index contributed by atoms with van der Waals surface area (Å²) in [6, 6.07) is 13.7. The van der Waals surface area contributed by atoms with E-state index in [9.17, 15) is 25.0 Å². The number of furan rings is 1. The Balaban J connectivity index is 1.43. The lowest BCUT2D eigenvalue weighted by Gasteiger charge is -2.21. The molecule has 2 aromatic carbocycles. The first kappa shape index (κ1) is 25.1. The molecule has 38 heavy (non-hydrogen) atoms. The average Bonchev–Trinajstić information content (AvgIpc) is 3.65. The van der Waals surface area contributed by atoms with Crippen LogP contribution >= 0.6 is 22.9 Å². The number of nitro benzene ring substituents is 2. The maximum absolute atomic E-state index is 13.5. The van der Waals surface area contributed by atoms with E-state index in [0.29, 0.717) is 17.2 Å². The van der Waals surface area contributed by atoms with Crippen LogP contribution in [0, 0.1) is 20.2 Å². The van der Waals surface area contributed by atoms with Crippen molar-refractivity contribution in [3.8, 4) is 11.3 Å². The number of amides is 1. The van der Waals surface area contributed by atoms with Crippen LogP contribution in [-0.4, -0.2) is 36.6 Å². The number of non-ortho nitro benzene ring substituents is 2. The molecular weight excluding hydrogens is 534 g/mol. The molecule has 0 bridgehead atoms. The van der Waals surface area contributed by atoms with Crippen molar-refractivity contribution >= 4 is 45.2 Å². The second-order valence-electron chi connectivity index (χ2n) is 8.32. The van der Waals surface area contributed by atoms with Gasteiger partial charge in [0, 0.05) is 53.0 Å². The number of aromatic nitrogens is 2. The largest absolute Gasteiger partial charge is 0.467 e. The molecule has 0 aliphatic rings. The third-order valence-electron chi connectivity index (χ3n) is 5.85. The van der Waals surface area contributed by atoms with Crippen LogP contribution in [0.25, 0.3) is 16.2 Å². The van der Waals surface area contributed by atoms with E-state index in [0.717, 1.165) is 40.1 Å². The fourth-order valence-corrected chi connectivity index (χ4v) is 5.01. The van der Waals surface area contributed by atoms with Gasteiger partial charge < -0.3 is 9.32 Å². The molecule has 11 nitrogen and oxygen atoms in total. The number of imidazole rings is 1. The van der Waals surface area contributed by atoms with Crippen molar-refractivity contribution in [2.45, 2.75) is 13.0 Å². The van der Waals surface area contributed by atoms with Crippen molar-refractivity contribution in [1.82, 2.24) is 14.3 Å². The number of rotatable bonds is 9. The zero-order valence-corrected chi connectivity index (χ0v) is 21.1. The molecule has 0 spiro atoms. The minimum atomic E-state index is -0.764. The average molecular weight is 552 g/mol. The van der Waals surface area contributed by atoms with E-state index in [2.05, 4.69) is 4.98 Å². The smallest absolute Gasteiger partial charge is 0.277 e.